The molecular weight excluding hydrogens is 332 g/mol. The smallest absolute Gasteiger partial charge is 0.232 e. The maximum atomic E-state index is 13.0. The normalized spacial score (nSPS) is 24.7. The predicted molar refractivity (Wildman–Crippen MR) is 111 cm³/mol. The highest BCUT2D eigenvalue weighted by Gasteiger charge is 2.50. The topological polar surface area (TPSA) is 43.1 Å². The molecule has 0 aliphatic carbocycles. The number of nitrogens with two attached hydrogens (primary N) is 1. The van der Waals surface area contributed by atoms with Crippen LogP contribution in [0.2, 0.25) is 0 Å². The molecule has 0 radical (unpaired) electrons. The van der Waals surface area contributed by atoms with E-state index in [0.717, 1.165) is 28.7 Å². The number of carbonyl (C=O) groups is 1. The number of benzene rings is 2. The molecule has 3 rings (SSSR count). The van der Waals surface area contributed by atoms with Gasteiger partial charge in [-0.15, -0.1) is 0 Å². The molecule has 27 heavy (non-hydrogen) atoms. The number of likely N-dealkylation sites (tertiary alicyclic amines) is 1. The van der Waals surface area contributed by atoms with Crippen LogP contribution in [0.25, 0.3) is 0 Å². The minimum absolute atomic E-state index is 0.205. The van der Waals surface area contributed by atoms with Crippen molar-refractivity contribution in [2.45, 2.75) is 44.6 Å². The van der Waals surface area contributed by atoms with E-state index in [1.807, 2.05) is 60.7 Å². The van der Waals surface area contributed by atoms with Crippen molar-refractivity contribution in [2.75, 3.05) is 20.1 Å². The van der Waals surface area contributed by atoms with Crippen molar-refractivity contribution >= 4 is 5.91 Å². The molecule has 2 aromatic carbocycles. The van der Waals surface area contributed by atoms with Crippen molar-refractivity contribution in [1.82, 2.24) is 0 Å². The molecule has 0 saturated carbocycles. The van der Waals surface area contributed by atoms with E-state index in [2.05, 4.69) is 27.8 Å². The molecule has 1 amide bonds. The minimum Gasteiger partial charge on any atom is -0.369 e. The summed E-state index contributed by atoms with van der Waals surface area (Å²) in [7, 11) is 2.34. The van der Waals surface area contributed by atoms with Crippen molar-refractivity contribution in [3.05, 3.63) is 71.8 Å². The van der Waals surface area contributed by atoms with E-state index in [4.69, 9.17) is 5.73 Å². The highest BCUT2D eigenvalue weighted by molar-refractivity contribution is 5.90. The quantitative estimate of drug-likeness (QED) is 0.769. The van der Waals surface area contributed by atoms with E-state index < -0.39 is 5.41 Å². The number of carbonyl (C=O) groups excluding carboxylic acids is 1. The Morgan fingerprint density at radius 2 is 1.56 bits per heavy atom. The highest BCUT2D eigenvalue weighted by Crippen LogP contribution is 2.42. The van der Waals surface area contributed by atoms with E-state index in [1.54, 1.807) is 0 Å². The summed E-state index contributed by atoms with van der Waals surface area (Å²) in [6, 6.07) is 20.1. The third-order valence-corrected chi connectivity index (χ3v) is 6.96. The van der Waals surface area contributed by atoms with Crippen molar-refractivity contribution in [1.29, 1.82) is 0 Å². The van der Waals surface area contributed by atoms with Crippen LogP contribution in [0.15, 0.2) is 60.7 Å². The monoisotopic (exact) mass is 365 g/mol. The number of amides is 1. The molecule has 1 aliphatic rings. The Kier molecular flexibility index (Phi) is 5.18. The van der Waals surface area contributed by atoms with Crippen molar-refractivity contribution in [3.63, 3.8) is 0 Å². The number of quaternary nitrogens is 1. The van der Waals surface area contributed by atoms with Gasteiger partial charge in [-0.1, -0.05) is 67.6 Å². The number of rotatable bonds is 6. The maximum Gasteiger partial charge on any atom is 0.232 e. The first-order chi connectivity index (χ1) is 12.7. The average Bonchev–Trinajstić information content (AvgIpc) is 2.84. The Morgan fingerprint density at radius 1 is 1.07 bits per heavy atom. The summed E-state index contributed by atoms with van der Waals surface area (Å²) in [5.74, 6) is 0.429. The van der Waals surface area contributed by atoms with Crippen LogP contribution in [-0.4, -0.2) is 36.1 Å². The third-order valence-electron chi connectivity index (χ3n) is 6.96. The van der Waals surface area contributed by atoms with Crippen molar-refractivity contribution in [2.24, 2.45) is 11.7 Å². The third kappa shape index (κ3) is 3.41. The van der Waals surface area contributed by atoms with E-state index in [-0.39, 0.29) is 11.4 Å². The van der Waals surface area contributed by atoms with Crippen molar-refractivity contribution < 1.29 is 9.28 Å². The molecule has 0 spiro atoms. The average molecular weight is 366 g/mol. The summed E-state index contributed by atoms with van der Waals surface area (Å²) >= 11 is 0. The van der Waals surface area contributed by atoms with Gasteiger partial charge >= 0.3 is 0 Å². The molecular formula is C24H33N2O+. The first kappa shape index (κ1) is 19.6. The van der Waals surface area contributed by atoms with Gasteiger partial charge in [0.15, 0.2) is 0 Å². The summed E-state index contributed by atoms with van der Waals surface area (Å²) < 4.78 is 0.975. The van der Waals surface area contributed by atoms with Crippen LogP contribution >= 0.6 is 0 Å². The van der Waals surface area contributed by atoms with Gasteiger partial charge in [-0.3, -0.25) is 4.79 Å². The first-order valence-electron chi connectivity index (χ1n) is 9.97. The Labute approximate surface area is 163 Å². The Bertz CT molecular complexity index is 745. The van der Waals surface area contributed by atoms with Gasteiger partial charge < -0.3 is 10.2 Å². The number of primary amides is 1. The predicted octanol–water partition coefficient (Wildman–Crippen LogP) is 4.11. The van der Waals surface area contributed by atoms with Crippen LogP contribution in [0.3, 0.4) is 0 Å². The lowest BCUT2D eigenvalue weighted by Crippen LogP contribution is -2.57. The van der Waals surface area contributed by atoms with Crippen LogP contribution in [0.1, 0.15) is 44.7 Å². The van der Waals surface area contributed by atoms with Gasteiger partial charge in [-0.05, 0) is 25.0 Å². The second-order valence-corrected chi connectivity index (χ2v) is 9.18. The van der Waals surface area contributed by atoms with Gasteiger partial charge in [0.25, 0.3) is 0 Å². The molecule has 3 nitrogen and oxygen atoms in total. The van der Waals surface area contributed by atoms with Crippen LogP contribution in [0.4, 0.5) is 0 Å². The molecule has 1 heterocycles. The molecule has 1 saturated heterocycles. The molecule has 1 fully saturated rings. The molecule has 2 N–H and O–H groups in total. The van der Waals surface area contributed by atoms with Gasteiger partial charge in [0.2, 0.25) is 5.91 Å². The van der Waals surface area contributed by atoms with E-state index in [1.165, 1.54) is 6.42 Å². The van der Waals surface area contributed by atoms with Gasteiger partial charge in [0.1, 0.15) is 5.41 Å². The SMILES string of the molecule is C[C@H]1CC(C)(C)[N+](C)(CCC(C(N)=O)(c2ccccc2)c2ccccc2)C1. The van der Waals surface area contributed by atoms with Crippen LogP contribution in [0.5, 0.6) is 0 Å². The van der Waals surface area contributed by atoms with E-state index in [9.17, 15) is 4.79 Å². The molecule has 2 aromatic rings. The van der Waals surface area contributed by atoms with Crippen LogP contribution < -0.4 is 5.73 Å². The lowest BCUT2D eigenvalue weighted by Gasteiger charge is -2.44. The largest absolute Gasteiger partial charge is 0.369 e. The van der Waals surface area contributed by atoms with E-state index >= 15 is 0 Å². The number of hydrogen-bond donors (Lipinski definition) is 1. The van der Waals surface area contributed by atoms with E-state index in [0.29, 0.717) is 12.3 Å². The molecule has 0 aromatic heterocycles. The zero-order chi connectivity index (χ0) is 19.7. The standard InChI is InChI=1S/C24H32N2O/c1-19-17-23(2,3)26(4,18-19)16-15-24(22(25)27,20-11-7-5-8-12-20)21-13-9-6-10-14-21/h5-14,19H,15-18H2,1-4H3,(H-,25,27)/p+1/t19-,26?/m0/s1. The zero-order valence-electron chi connectivity index (χ0n) is 17.1. The fourth-order valence-electron chi connectivity index (χ4n) is 5.19. The van der Waals surface area contributed by atoms with Gasteiger partial charge in [0, 0.05) is 18.8 Å². The molecule has 144 valence electrons. The molecule has 1 aliphatic heterocycles. The maximum absolute atomic E-state index is 13.0. The lowest BCUT2D eigenvalue weighted by atomic mass is 9.71. The number of hydrogen-bond acceptors (Lipinski definition) is 1. The fraction of sp³-hybridized carbons (Fsp3) is 0.458. The first-order valence-corrected chi connectivity index (χ1v) is 9.97. The Balaban J connectivity index is 2.05. The summed E-state index contributed by atoms with van der Waals surface area (Å²) in [6.07, 6.45) is 1.92. The highest BCUT2D eigenvalue weighted by atomic mass is 16.1. The molecule has 2 atom stereocenters. The summed E-state index contributed by atoms with van der Waals surface area (Å²) in [5.41, 5.74) is 7.49. The van der Waals surface area contributed by atoms with Gasteiger partial charge in [-0.2, -0.15) is 0 Å². The Morgan fingerprint density at radius 3 is 1.93 bits per heavy atom. The summed E-state index contributed by atoms with van der Waals surface area (Å²) in [6.45, 7) is 9.11. The van der Waals surface area contributed by atoms with Crippen LogP contribution in [-0.2, 0) is 10.2 Å². The molecule has 3 heteroatoms. The van der Waals surface area contributed by atoms with Crippen LogP contribution in [0, 0.1) is 5.92 Å². The zero-order valence-corrected chi connectivity index (χ0v) is 17.1. The van der Waals surface area contributed by atoms with Gasteiger partial charge in [-0.25, -0.2) is 0 Å². The molecule has 1 unspecified atom stereocenters. The summed E-state index contributed by atoms with van der Waals surface area (Å²) in [4.78, 5) is 13.0. The summed E-state index contributed by atoms with van der Waals surface area (Å²) in [5, 5.41) is 0. The van der Waals surface area contributed by atoms with Crippen molar-refractivity contribution in [3.8, 4) is 0 Å². The number of nitrogens with zero attached hydrogens (tertiary/aromatic N) is 1. The van der Waals surface area contributed by atoms with Gasteiger partial charge in [0.05, 0.1) is 25.7 Å². The lowest BCUT2D eigenvalue weighted by molar-refractivity contribution is -0.944. The Hall–Kier alpha value is -2.13. The molecule has 0 bridgehead atoms. The fourth-order valence-corrected chi connectivity index (χ4v) is 5.19. The second kappa shape index (κ2) is 7.12. The second-order valence-electron chi connectivity index (χ2n) is 9.18. The minimum atomic E-state index is -0.800.